The monoisotopic (exact) mass is 295 g/mol. The first-order valence-corrected chi connectivity index (χ1v) is 7.85. The summed E-state index contributed by atoms with van der Waals surface area (Å²) in [5.74, 6) is -0.688. The molecule has 1 aliphatic rings. The molecule has 1 heterocycles. The zero-order valence-corrected chi connectivity index (χ0v) is 12.0. The van der Waals surface area contributed by atoms with E-state index in [0.717, 1.165) is 12.5 Å². The van der Waals surface area contributed by atoms with Gasteiger partial charge in [-0.05, 0) is 36.1 Å². The molecule has 0 saturated carbocycles. The highest BCUT2D eigenvalue weighted by molar-refractivity contribution is 7.89. The van der Waals surface area contributed by atoms with E-state index >= 15 is 0 Å². The Morgan fingerprint density at radius 1 is 1.45 bits per heavy atom. The van der Waals surface area contributed by atoms with E-state index < -0.39 is 16.0 Å². The lowest BCUT2D eigenvalue weighted by Gasteiger charge is -2.16. The number of hydrogen-bond acceptors (Lipinski definition) is 3. The highest BCUT2D eigenvalue weighted by atomic mass is 32.2. The van der Waals surface area contributed by atoms with Gasteiger partial charge in [-0.2, -0.15) is 4.31 Å². The summed E-state index contributed by atoms with van der Waals surface area (Å²) in [6.07, 6.45) is 3.25. The van der Waals surface area contributed by atoms with Crippen LogP contribution in [0.25, 0.3) is 6.08 Å². The molecule has 1 saturated heterocycles. The molecule has 0 spiro atoms. The van der Waals surface area contributed by atoms with Crippen LogP contribution < -0.4 is 0 Å². The molecule has 2 rings (SSSR count). The average Bonchev–Trinajstić information content (AvgIpc) is 2.84. The predicted octanol–water partition coefficient (Wildman–Crippen LogP) is 1.81. The minimum Gasteiger partial charge on any atom is -0.478 e. The number of aliphatic carboxylic acids is 1. The highest BCUT2D eigenvalue weighted by Gasteiger charge is 2.30. The Kier molecular flexibility index (Phi) is 4.25. The van der Waals surface area contributed by atoms with Crippen LogP contribution in [0, 0.1) is 5.92 Å². The average molecular weight is 295 g/mol. The van der Waals surface area contributed by atoms with Gasteiger partial charge in [0, 0.05) is 19.2 Å². The second-order valence-electron chi connectivity index (χ2n) is 5.00. The second kappa shape index (κ2) is 5.76. The van der Waals surface area contributed by atoms with Gasteiger partial charge >= 0.3 is 5.97 Å². The second-order valence-corrected chi connectivity index (χ2v) is 6.94. The zero-order chi connectivity index (χ0) is 14.8. The third kappa shape index (κ3) is 3.26. The van der Waals surface area contributed by atoms with Crippen LogP contribution in [-0.4, -0.2) is 36.9 Å². The zero-order valence-electron chi connectivity index (χ0n) is 11.2. The van der Waals surface area contributed by atoms with Gasteiger partial charge in [0.05, 0.1) is 4.90 Å². The summed E-state index contributed by atoms with van der Waals surface area (Å²) in [6, 6.07) is 6.33. The molecule has 0 aliphatic carbocycles. The van der Waals surface area contributed by atoms with Gasteiger partial charge in [-0.25, -0.2) is 13.2 Å². The van der Waals surface area contributed by atoms with Crippen LogP contribution in [0.2, 0.25) is 0 Å². The first-order valence-electron chi connectivity index (χ1n) is 6.41. The van der Waals surface area contributed by atoms with Gasteiger partial charge in [0.1, 0.15) is 0 Å². The summed E-state index contributed by atoms with van der Waals surface area (Å²) < 4.78 is 26.4. The number of carbonyl (C=O) groups is 1. The lowest BCUT2D eigenvalue weighted by atomic mass is 10.2. The molecule has 1 aromatic carbocycles. The summed E-state index contributed by atoms with van der Waals surface area (Å²) in [6.45, 7) is 3.11. The standard InChI is InChI=1S/C14H17NO4S/c1-11-7-8-15(10-11)20(18,19)13-4-2-3-12(9-13)5-6-14(16)17/h2-6,9,11H,7-8,10H2,1H3,(H,16,17). The predicted molar refractivity (Wildman–Crippen MR) is 75.7 cm³/mol. The smallest absolute Gasteiger partial charge is 0.328 e. The molecule has 0 aromatic heterocycles. The van der Waals surface area contributed by atoms with Crippen molar-refractivity contribution < 1.29 is 18.3 Å². The van der Waals surface area contributed by atoms with Crippen molar-refractivity contribution in [3.63, 3.8) is 0 Å². The van der Waals surface area contributed by atoms with E-state index in [-0.39, 0.29) is 4.90 Å². The van der Waals surface area contributed by atoms with Crippen LogP contribution in [0.3, 0.4) is 0 Å². The van der Waals surface area contributed by atoms with Crippen molar-refractivity contribution in [1.82, 2.24) is 4.31 Å². The molecule has 1 N–H and O–H groups in total. The largest absolute Gasteiger partial charge is 0.478 e. The van der Waals surface area contributed by atoms with Gasteiger partial charge in [0.25, 0.3) is 0 Å². The van der Waals surface area contributed by atoms with E-state index in [1.54, 1.807) is 12.1 Å². The van der Waals surface area contributed by atoms with Crippen LogP contribution in [-0.2, 0) is 14.8 Å². The molecule has 1 fully saturated rings. The molecule has 0 amide bonds. The van der Waals surface area contributed by atoms with E-state index in [1.807, 2.05) is 6.92 Å². The Labute approximate surface area is 118 Å². The van der Waals surface area contributed by atoms with Crippen LogP contribution in [0.1, 0.15) is 18.9 Å². The quantitative estimate of drug-likeness (QED) is 0.860. The van der Waals surface area contributed by atoms with Gasteiger partial charge in [0.15, 0.2) is 0 Å². The molecule has 108 valence electrons. The first-order chi connectivity index (χ1) is 9.39. The maximum atomic E-state index is 12.5. The van der Waals surface area contributed by atoms with Crippen molar-refractivity contribution in [3.8, 4) is 0 Å². The van der Waals surface area contributed by atoms with E-state index in [1.165, 1.54) is 22.5 Å². The van der Waals surface area contributed by atoms with Crippen LogP contribution in [0.15, 0.2) is 35.2 Å². The Bertz CT molecular complexity index is 636. The third-order valence-corrected chi connectivity index (χ3v) is 5.16. The maximum absolute atomic E-state index is 12.5. The fraction of sp³-hybridized carbons (Fsp3) is 0.357. The molecule has 1 unspecified atom stereocenters. The Morgan fingerprint density at radius 3 is 2.80 bits per heavy atom. The number of carboxylic acids is 1. The normalized spacial score (nSPS) is 20.6. The SMILES string of the molecule is CC1CCN(S(=O)(=O)c2cccc(C=CC(=O)O)c2)C1. The Hall–Kier alpha value is -1.66. The Morgan fingerprint density at radius 2 is 2.20 bits per heavy atom. The van der Waals surface area contributed by atoms with Crippen LogP contribution in [0.4, 0.5) is 0 Å². The maximum Gasteiger partial charge on any atom is 0.328 e. The molecular weight excluding hydrogens is 278 g/mol. The molecule has 1 aromatic rings. The molecule has 1 atom stereocenters. The van der Waals surface area contributed by atoms with Gasteiger partial charge in [-0.15, -0.1) is 0 Å². The summed E-state index contributed by atoms with van der Waals surface area (Å²) in [5, 5.41) is 8.59. The molecule has 0 radical (unpaired) electrons. The molecule has 5 nitrogen and oxygen atoms in total. The highest BCUT2D eigenvalue weighted by Crippen LogP contribution is 2.24. The molecule has 1 aliphatic heterocycles. The van der Waals surface area contributed by atoms with E-state index in [2.05, 4.69) is 0 Å². The van der Waals surface area contributed by atoms with E-state index in [0.29, 0.717) is 24.6 Å². The van der Waals surface area contributed by atoms with Crippen molar-refractivity contribution in [3.05, 3.63) is 35.9 Å². The minimum absolute atomic E-state index is 0.208. The van der Waals surface area contributed by atoms with Crippen molar-refractivity contribution in [2.45, 2.75) is 18.2 Å². The van der Waals surface area contributed by atoms with Crippen LogP contribution >= 0.6 is 0 Å². The summed E-state index contributed by atoms with van der Waals surface area (Å²) in [7, 11) is -3.48. The first kappa shape index (κ1) is 14.7. The van der Waals surface area contributed by atoms with Crippen LogP contribution in [0.5, 0.6) is 0 Å². The summed E-state index contributed by atoms with van der Waals surface area (Å²) >= 11 is 0. The van der Waals surface area contributed by atoms with Gasteiger partial charge in [-0.3, -0.25) is 0 Å². The third-order valence-electron chi connectivity index (χ3n) is 3.30. The number of hydrogen-bond donors (Lipinski definition) is 1. The number of sulfonamides is 1. The van der Waals surface area contributed by atoms with Gasteiger partial charge in [0.2, 0.25) is 10.0 Å². The molecule has 0 bridgehead atoms. The van der Waals surface area contributed by atoms with E-state index in [9.17, 15) is 13.2 Å². The fourth-order valence-corrected chi connectivity index (χ4v) is 3.84. The molecule has 20 heavy (non-hydrogen) atoms. The number of benzene rings is 1. The topological polar surface area (TPSA) is 74.7 Å². The van der Waals surface area contributed by atoms with Crippen molar-refractivity contribution in [2.75, 3.05) is 13.1 Å². The lowest BCUT2D eigenvalue weighted by Crippen LogP contribution is -2.28. The minimum atomic E-state index is -3.48. The number of carboxylic acid groups (broad SMARTS) is 1. The van der Waals surface area contributed by atoms with E-state index in [4.69, 9.17) is 5.11 Å². The number of nitrogens with zero attached hydrogens (tertiary/aromatic N) is 1. The lowest BCUT2D eigenvalue weighted by molar-refractivity contribution is -0.131. The van der Waals surface area contributed by atoms with Crippen molar-refractivity contribution in [2.24, 2.45) is 5.92 Å². The fourth-order valence-electron chi connectivity index (χ4n) is 2.21. The molecule has 6 heteroatoms. The summed E-state index contributed by atoms with van der Waals surface area (Å²) in [4.78, 5) is 10.7. The van der Waals surface area contributed by atoms with Gasteiger partial charge in [-0.1, -0.05) is 19.1 Å². The molecular formula is C14H17NO4S. The van der Waals surface area contributed by atoms with Gasteiger partial charge < -0.3 is 5.11 Å². The van der Waals surface area contributed by atoms with Crippen molar-refractivity contribution in [1.29, 1.82) is 0 Å². The summed E-state index contributed by atoms with van der Waals surface area (Å²) in [5.41, 5.74) is 0.556. The van der Waals surface area contributed by atoms with Crippen molar-refractivity contribution >= 4 is 22.1 Å². The Balaban J connectivity index is 2.28. The number of rotatable bonds is 4.